The standard InChI is InChI=1S/C21H20FN7O4S/c1-4-13(30)7-28-20(32)16-17(27-21(28)33)24-9-29(16)11(3)18(31)25-15-8-34-19(26-15)12-5-14(22)10(2)23-6-12/h5-6,8-9,11H,4,7H2,1-3H3,(H,25,31)(H,27,33)/t11-/m0/s1. The number of H-pyrrole nitrogens is 1. The van der Waals surface area contributed by atoms with Crippen LogP contribution in [0, 0.1) is 12.7 Å². The van der Waals surface area contributed by atoms with Crippen molar-refractivity contribution in [1.29, 1.82) is 0 Å². The number of aromatic nitrogens is 6. The van der Waals surface area contributed by atoms with Gasteiger partial charge in [0, 0.05) is 23.6 Å². The fraction of sp³-hybridized carbons (Fsp3) is 0.286. The molecule has 0 saturated carbocycles. The van der Waals surface area contributed by atoms with Crippen LogP contribution in [-0.4, -0.2) is 40.8 Å². The van der Waals surface area contributed by atoms with E-state index in [0.29, 0.717) is 10.6 Å². The van der Waals surface area contributed by atoms with Crippen LogP contribution in [0.5, 0.6) is 0 Å². The molecule has 34 heavy (non-hydrogen) atoms. The van der Waals surface area contributed by atoms with Crippen LogP contribution in [0.15, 0.2) is 33.6 Å². The summed E-state index contributed by atoms with van der Waals surface area (Å²) < 4.78 is 15.9. The third kappa shape index (κ3) is 4.29. The molecule has 0 spiro atoms. The zero-order chi connectivity index (χ0) is 24.6. The first-order valence-corrected chi connectivity index (χ1v) is 11.2. The van der Waals surface area contributed by atoms with Crippen LogP contribution in [0.4, 0.5) is 10.2 Å². The van der Waals surface area contributed by atoms with Crippen molar-refractivity contribution in [1.82, 2.24) is 29.1 Å². The largest absolute Gasteiger partial charge is 0.330 e. The van der Waals surface area contributed by atoms with Gasteiger partial charge in [0.25, 0.3) is 5.56 Å². The smallest absolute Gasteiger partial charge is 0.312 e. The van der Waals surface area contributed by atoms with Gasteiger partial charge in [-0.25, -0.2) is 19.2 Å². The molecule has 0 saturated heterocycles. The first-order chi connectivity index (χ1) is 16.2. The normalized spacial score (nSPS) is 12.1. The third-order valence-corrected chi connectivity index (χ3v) is 6.16. The third-order valence-electron chi connectivity index (χ3n) is 5.27. The summed E-state index contributed by atoms with van der Waals surface area (Å²) >= 11 is 1.21. The average molecular weight is 486 g/mol. The minimum atomic E-state index is -0.900. The van der Waals surface area contributed by atoms with E-state index in [4.69, 9.17) is 0 Å². The molecule has 0 bridgehead atoms. The molecule has 4 heterocycles. The maximum absolute atomic E-state index is 13.8. The molecule has 176 valence electrons. The number of amides is 1. The second kappa shape index (κ2) is 9.09. The Morgan fingerprint density at radius 1 is 1.29 bits per heavy atom. The highest BCUT2D eigenvalue weighted by molar-refractivity contribution is 7.13. The first kappa shape index (κ1) is 23.2. The van der Waals surface area contributed by atoms with Crippen molar-refractivity contribution in [2.45, 2.75) is 39.8 Å². The summed E-state index contributed by atoms with van der Waals surface area (Å²) in [5.41, 5.74) is -0.713. The van der Waals surface area contributed by atoms with Crippen LogP contribution in [0.2, 0.25) is 0 Å². The lowest BCUT2D eigenvalue weighted by Crippen LogP contribution is -2.38. The van der Waals surface area contributed by atoms with Crippen LogP contribution < -0.4 is 16.6 Å². The lowest BCUT2D eigenvalue weighted by Gasteiger charge is -2.13. The Hall–Kier alpha value is -4.00. The quantitative estimate of drug-likeness (QED) is 0.407. The molecule has 4 aromatic heterocycles. The Kier molecular flexibility index (Phi) is 6.20. The molecule has 0 aliphatic carbocycles. The molecular formula is C21H20FN7O4S. The van der Waals surface area contributed by atoms with E-state index in [0.717, 1.165) is 4.57 Å². The number of imidazole rings is 1. The van der Waals surface area contributed by atoms with E-state index in [1.54, 1.807) is 26.2 Å². The summed E-state index contributed by atoms with van der Waals surface area (Å²) in [6.45, 7) is 4.36. The number of thiazole rings is 1. The minimum Gasteiger partial charge on any atom is -0.312 e. The monoisotopic (exact) mass is 485 g/mol. The fourth-order valence-corrected chi connectivity index (χ4v) is 3.96. The van der Waals surface area contributed by atoms with Crippen molar-refractivity contribution in [3.8, 4) is 10.6 Å². The van der Waals surface area contributed by atoms with Crippen LogP contribution in [-0.2, 0) is 16.1 Å². The summed E-state index contributed by atoms with van der Waals surface area (Å²) in [5, 5.41) is 4.74. The topological polar surface area (TPSA) is 145 Å². The van der Waals surface area contributed by atoms with Crippen molar-refractivity contribution >= 4 is 40.0 Å². The molecule has 0 radical (unpaired) electrons. The number of aryl methyl sites for hydroxylation is 1. The summed E-state index contributed by atoms with van der Waals surface area (Å²) in [7, 11) is 0. The Labute approximate surface area is 195 Å². The molecule has 0 aliphatic heterocycles. The summed E-state index contributed by atoms with van der Waals surface area (Å²) in [5.74, 6) is -0.984. The van der Waals surface area contributed by atoms with Gasteiger partial charge < -0.3 is 9.88 Å². The summed E-state index contributed by atoms with van der Waals surface area (Å²) in [4.78, 5) is 64.6. The van der Waals surface area contributed by atoms with Gasteiger partial charge in [0.2, 0.25) is 5.91 Å². The van der Waals surface area contributed by atoms with Gasteiger partial charge in [-0.2, -0.15) is 0 Å². The number of hydrogen-bond acceptors (Lipinski definition) is 8. The number of fused-ring (bicyclic) bond motifs is 1. The molecule has 1 amide bonds. The Morgan fingerprint density at radius 3 is 2.76 bits per heavy atom. The second-order valence-corrected chi connectivity index (χ2v) is 8.42. The number of carbonyl (C=O) groups excluding carboxylic acids is 2. The lowest BCUT2D eigenvalue weighted by atomic mass is 10.2. The molecule has 4 rings (SSSR count). The highest BCUT2D eigenvalue weighted by Gasteiger charge is 2.22. The van der Waals surface area contributed by atoms with E-state index in [9.17, 15) is 23.6 Å². The van der Waals surface area contributed by atoms with Gasteiger partial charge in [-0.3, -0.25) is 28.9 Å². The number of nitrogens with one attached hydrogen (secondary N) is 2. The molecule has 13 heteroatoms. The number of halogens is 1. The molecule has 1 atom stereocenters. The maximum Gasteiger partial charge on any atom is 0.330 e. The molecular weight excluding hydrogens is 465 g/mol. The molecule has 0 aromatic carbocycles. The fourth-order valence-electron chi connectivity index (χ4n) is 3.22. The van der Waals surface area contributed by atoms with Crippen LogP contribution in [0.3, 0.4) is 0 Å². The van der Waals surface area contributed by atoms with E-state index >= 15 is 0 Å². The second-order valence-electron chi connectivity index (χ2n) is 7.56. The molecule has 4 aromatic rings. The summed E-state index contributed by atoms with van der Waals surface area (Å²) in [6, 6.07) is 0.421. The zero-order valence-electron chi connectivity index (χ0n) is 18.5. The predicted molar refractivity (Wildman–Crippen MR) is 123 cm³/mol. The van der Waals surface area contributed by atoms with Gasteiger partial charge in [0.05, 0.1) is 18.6 Å². The number of anilines is 1. The van der Waals surface area contributed by atoms with Crippen molar-refractivity contribution < 1.29 is 14.0 Å². The lowest BCUT2D eigenvalue weighted by molar-refractivity contribution is -0.120. The average Bonchev–Trinajstić information content (AvgIpc) is 3.45. The number of hydrogen-bond donors (Lipinski definition) is 2. The zero-order valence-corrected chi connectivity index (χ0v) is 19.3. The molecule has 11 nitrogen and oxygen atoms in total. The van der Waals surface area contributed by atoms with Gasteiger partial charge in [-0.1, -0.05) is 6.92 Å². The van der Waals surface area contributed by atoms with Gasteiger partial charge in [0.1, 0.15) is 22.7 Å². The Bertz CT molecular complexity index is 1530. The van der Waals surface area contributed by atoms with Crippen LogP contribution >= 0.6 is 11.3 Å². The number of ketones is 1. The van der Waals surface area contributed by atoms with Gasteiger partial charge >= 0.3 is 5.69 Å². The van der Waals surface area contributed by atoms with Crippen molar-refractivity contribution in [3.05, 3.63) is 56.3 Å². The van der Waals surface area contributed by atoms with Gasteiger partial charge in [-0.05, 0) is 19.9 Å². The van der Waals surface area contributed by atoms with E-state index in [-0.39, 0.29) is 41.4 Å². The molecule has 0 aliphatic rings. The van der Waals surface area contributed by atoms with E-state index in [2.05, 4.69) is 25.3 Å². The number of pyridine rings is 1. The molecule has 0 fully saturated rings. The number of Topliss-reactive ketones (excluding diaryl/α,β-unsaturated/α-hetero) is 1. The van der Waals surface area contributed by atoms with Crippen molar-refractivity contribution in [2.24, 2.45) is 0 Å². The van der Waals surface area contributed by atoms with Crippen molar-refractivity contribution in [2.75, 3.05) is 5.32 Å². The van der Waals surface area contributed by atoms with Gasteiger partial charge in [0.15, 0.2) is 16.9 Å². The molecule has 0 unspecified atom stereocenters. The van der Waals surface area contributed by atoms with E-state index < -0.39 is 29.0 Å². The number of aromatic amines is 1. The van der Waals surface area contributed by atoms with Crippen LogP contribution in [0.25, 0.3) is 21.7 Å². The van der Waals surface area contributed by atoms with Crippen LogP contribution in [0.1, 0.15) is 32.0 Å². The van der Waals surface area contributed by atoms with Crippen molar-refractivity contribution in [3.63, 3.8) is 0 Å². The van der Waals surface area contributed by atoms with E-state index in [1.807, 2.05) is 0 Å². The van der Waals surface area contributed by atoms with E-state index in [1.165, 1.54) is 34.5 Å². The predicted octanol–water partition coefficient (Wildman–Crippen LogP) is 2.03. The Morgan fingerprint density at radius 2 is 2.06 bits per heavy atom. The maximum atomic E-state index is 13.8. The summed E-state index contributed by atoms with van der Waals surface area (Å²) in [6.07, 6.45) is 2.94. The number of nitrogens with zero attached hydrogens (tertiary/aromatic N) is 5. The highest BCUT2D eigenvalue weighted by atomic mass is 32.1. The Balaban J connectivity index is 1.60. The number of rotatable bonds is 7. The number of carbonyl (C=O) groups is 2. The first-order valence-electron chi connectivity index (χ1n) is 10.3. The SMILES string of the molecule is CCC(=O)Cn1c(=O)[nH]c2ncn([C@@H](C)C(=O)Nc3csc(-c4cnc(C)c(F)c4)n3)c2c1=O. The molecule has 2 N–H and O–H groups in total. The minimum absolute atomic E-state index is 0.00803. The van der Waals surface area contributed by atoms with Gasteiger partial charge in [-0.15, -0.1) is 11.3 Å². The highest BCUT2D eigenvalue weighted by Crippen LogP contribution is 2.27.